The van der Waals surface area contributed by atoms with Crippen molar-refractivity contribution in [3.8, 4) is 0 Å². The summed E-state index contributed by atoms with van der Waals surface area (Å²) in [5.41, 5.74) is 0.360. The number of pyridine rings is 1. The molecule has 2 aromatic carbocycles. The number of amides is 1. The molecule has 1 amide bonds. The van der Waals surface area contributed by atoms with Crippen LogP contribution in [-0.4, -0.2) is 28.0 Å². The molecule has 8 heteroatoms. The number of fused-ring (bicyclic) bond motifs is 1. The van der Waals surface area contributed by atoms with E-state index in [2.05, 4.69) is 10.3 Å². The van der Waals surface area contributed by atoms with E-state index in [4.69, 9.17) is 0 Å². The molecule has 3 N–H and O–H groups in total. The molecule has 0 aliphatic heterocycles. The Bertz CT molecular complexity index is 1090. The predicted octanol–water partition coefficient (Wildman–Crippen LogP) is 2.23. The molecule has 0 spiro atoms. The normalized spacial score (nSPS) is 11.9. The molecule has 0 aliphatic carbocycles. The Morgan fingerprint density at radius 3 is 2.52 bits per heavy atom. The highest BCUT2D eigenvalue weighted by molar-refractivity contribution is 5.96. The Balaban J connectivity index is 1.89. The number of carbonyl (C=O) groups excluding carboxylic acids is 1. The highest BCUT2D eigenvalue weighted by atomic mass is 19.2. The van der Waals surface area contributed by atoms with Crippen molar-refractivity contribution in [1.29, 1.82) is 0 Å². The Morgan fingerprint density at radius 1 is 1.07 bits per heavy atom. The number of aromatic amines is 1. The molecule has 1 heterocycles. The quantitative estimate of drug-likeness (QED) is 0.640. The molecular formula is C19H14F2N2O4. The number of carboxylic acid groups (broad SMARTS) is 1. The van der Waals surface area contributed by atoms with Crippen molar-refractivity contribution in [2.45, 2.75) is 12.5 Å². The molecule has 1 atom stereocenters. The first-order chi connectivity index (χ1) is 12.8. The van der Waals surface area contributed by atoms with Gasteiger partial charge in [0.1, 0.15) is 6.04 Å². The highest BCUT2D eigenvalue weighted by Gasteiger charge is 2.23. The van der Waals surface area contributed by atoms with Gasteiger partial charge in [-0.25, -0.2) is 13.6 Å². The van der Waals surface area contributed by atoms with Gasteiger partial charge in [-0.2, -0.15) is 0 Å². The van der Waals surface area contributed by atoms with E-state index in [0.29, 0.717) is 22.5 Å². The molecule has 0 fully saturated rings. The van der Waals surface area contributed by atoms with Crippen molar-refractivity contribution in [1.82, 2.24) is 10.3 Å². The number of benzene rings is 2. The van der Waals surface area contributed by atoms with Crippen LogP contribution in [0.15, 0.2) is 53.3 Å². The lowest BCUT2D eigenvalue weighted by atomic mass is 10.0. The van der Waals surface area contributed by atoms with Crippen LogP contribution in [0.5, 0.6) is 0 Å². The van der Waals surface area contributed by atoms with Crippen LogP contribution in [0.2, 0.25) is 0 Å². The highest BCUT2D eigenvalue weighted by Crippen LogP contribution is 2.17. The molecule has 0 radical (unpaired) electrons. The van der Waals surface area contributed by atoms with Crippen molar-refractivity contribution in [2.24, 2.45) is 0 Å². The first-order valence-corrected chi connectivity index (χ1v) is 7.95. The number of aliphatic carboxylic acids is 1. The van der Waals surface area contributed by atoms with Gasteiger partial charge in [0, 0.05) is 29.0 Å². The number of hydrogen-bond acceptors (Lipinski definition) is 3. The maximum absolute atomic E-state index is 13.3. The Labute approximate surface area is 151 Å². The van der Waals surface area contributed by atoms with Crippen molar-refractivity contribution < 1.29 is 23.5 Å². The van der Waals surface area contributed by atoms with Crippen LogP contribution in [0.3, 0.4) is 0 Å². The van der Waals surface area contributed by atoms with E-state index in [9.17, 15) is 28.3 Å². The molecule has 0 bridgehead atoms. The lowest BCUT2D eigenvalue weighted by molar-refractivity contribution is -0.139. The summed E-state index contributed by atoms with van der Waals surface area (Å²) in [5.74, 6) is -4.52. The van der Waals surface area contributed by atoms with Gasteiger partial charge >= 0.3 is 5.97 Å². The predicted molar refractivity (Wildman–Crippen MR) is 93.5 cm³/mol. The molecule has 138 valence electrons. The van der Waals surface area contributed by atoms with Crippen LogP contribution in [0.4, 0.5) is 8.78 Å². The van der Waals surface area contributed by atoms with Gasteiger partial charge in [-0.05, 0) is 29.8 Å². The van der Waals surface area contributed by atoms with Gasteiger partial charge in [0.15, 0.2) is 11.6 Å². The summed E-state index contributed by atoms with van der Waals surface area (Å²) >= 11 is 0. The third-order valence-corrected chi connectivity index (χ3v) is 4.05. The Hall–Kier alpha value is -3.55. The van der Waals surface area contributed by atoms with Crippen LogP contribution < -0.4 is 10.9 Å². The second kappa shape index (κ2) is 7.36. The average Bonchev–Trinajstić information content (AvgIpc) is 2.63. The van der Waals surface area contributed by atoms with Gasteiger partial charge in [0.2, 0.25) is 5.56 Å². The van der Waals surface area contributed by atoms with E-state index in [1.165, 1.54) is 6.07 Å². The van der Waals surface area contributed by atoms with Crippen LogP contribution >= 0.6 is 0 Å². The van der Waals surface area contributed by atoms with E-state index in [0.717, 1.165) is 12.1 Å². The molecular weight excluding hydrogens is 358 g/mol. The number of rotatable bonds is 5. The maximum Gasteiger partial charge on any atom is 0.326 e. The third kappa shape index (κ3) is 4.00. The fourth-order valence-electron chi connectivity index (χ4n) is 2.74. The minimum atomic E-state index is -1.36. The van der Waals surface area contributed by atoms with Crippen LogP contribution in [-0.2, 0) is 11.2 Å². The third-order valence-electron chi connectivity index (χ3n) is 4.05. The molecule has 0 saturated carbocycles. The molecule has 0 aliphatic rings. The molecule has 3 rings (SSSR count). The summed E-state index contributed by atoms with van der Waals surface area (Å²) in [6, 6.07) is 9.28. The molecule has 1 aromatic heterocycles. The van der Waals surface area contributed by atoms with Gasteiger partial charge in [-0.15, -0.1) is 0 Å². The SMILES string of the molecule is O=C(NC(Cc1cc(=O)[nH]c2ccccc12)C(=O)O)c1ccc(F)c(F)c1. The van der Waals surface area contributed by atoms with Crippen molar-refractivity contribution in [3.05, 3.63) is 81.6 Å². The number of nitrogens with one attached hydrogen (secondary N) is 2. The van der Waals surface area contributed by atoms with E-state index < -0.39 is 35.1 Å². The first-order valence-electron chi connectivity index (χ1n) is 7.95. The van der Waals surface area contributed by atoms with Gasteiger partial charge in [0.05, 0.1) is 0 Å². The summed E-state index contributed by atoms with van der Waals surface area (Å²) < 4.78 is 26.3. The topological polar surface area (TPSA) is 99.3 Å². The molecule has 27 heavy (non-hydrogen) atoms. The average molecular weight is 372 g/mol. The number of carboxylic acids is 1. The zero-order chi connectivity index (χ0) is 19.6. The first kappa shape index (κ1) is 18.2. The summed E-state index contributed by atoms with van der Waals surface area (Å²) in [6.45, 7) is 0. The number of hydrogen-bond donors (Lipinski definition) is 3. The number of para-hydroxylation sites is 1. The molecule has 3 aromatic rings. The lowest BCUT2D eigenvalue weighted by Crippen LogP contribution is -2.42. The fourth-order valence-corrected chi connectivity index (χ4v) is 2.74. The monoisotopic (exact) mass is 372 g/mol. The smallest absolute Gasteiger partial charge is 0.326 e. The zero-order valence-electron chi connectivity index (χ0n) is 13.8. The molecule has 6 nitrogen and oxygen atoms in total. The van der Waals surface area contributed by atoms with E-state index in [1.807, 2.05) is 0 Å². The van der Waals surface area contributed by atoms with E-state index in [-0.39, 0.29) is 12.0 Å². The standard InChI is InChI=1S/C19H14F2N2O4/c20-13-6-5-10(7-14(13)21)18(25)23-16(19(26)27)8-11-9-17(24)22-15-4-2-1-3-12(11)15/h1-7,9,16H,8H2,(H,22,24)(H,23,25)(H,26,27). The number of halogens is 2. The lowest BCUT2D eigenvalue weighted by Gasteiger charge is -2.16. The maximum atomic E-state index is 13.3. The van der Waals surface area contributed by atoms with Crippen molar-refractivity contribution in [3.63, 3.8) is 0 Å². The zero-order valence-corrected chi connectivity index (χ0v) is 13.8. The number of carbonyl (C=O) groups is 2. The van der Waals surface area contributed by atoms with E-state index >= 15 is 0 Å². The van der Waals surface area contributed by atoms with Crippen LogP contribution in [0.1, 0.15) is 15.9 Å². The van der Waals surface area contributed by atoms with Crippen molar-refractivity contribution in [2.75, 3.05) is 0 Å². The van der Waals surface area contributed by atoms with Crippen LogP contribution in [0.25, 0.3) is 10.9 Å². The second-order valence-electron chi connectivity index (χ2n) is 5.90. The summed E-state index contributed by atoms with van der Waals surface area (Å²) in [4.78, 5) is 38.2. The molecule has 0 saturated heterocycles. The number of aromatic nitrogens is 1. The Morgan fingerprint density at radius 2 is 1.81 bits per heavy atom. The minimum absolute atomic E-state index is 0.158. The summed E-state index contributed by atoms with van der Waals surface area (Å²) in [7, 11) is 0. The van der Waals surface area contributed by atoms with Crippen LogP contribution in [0, 0.1) is 11.6 Å². The van der Waals surface area contributed by atoms with Gasteiger partial charge < -0.3 is 15.4 Å². The summed E-state index contributed by atoms with van der Waals surface area (Å²) in [6.07, 6.45) is -0.158. The van der Waals surface area contributed by atoms with E-state index in [1.54, 1.807) is 24.3 Å². The van der Waals surface area contributed by atoms with Gasteiger partial charge in [-0.1, -0.05) is 18.2 Å². The number of H-pyrrole nitrogens is 1. The van der Waals surface area contributed by atoms with Crippen molar-refractivity contribution >= 4 is 22.8 Å². The minimum Gasteiger partial charge on any atom is -0.480 e. The second-order valence-corrected chi connectivity index (χ2v) is 5.90. The largest absolute Gasteiger partial charge is 0.480 e. The van der Waals surface area contributed by atoms with Gasteiger partial charge in [-0.3, -0.25) is 9.59 Å². The van der Waals surface area contributed by atoms with Gasteiger partial charge in [0.25, 0.3) is 5.91 Å². The summed E-state index contributed by atoms with van der Waals surface area (Å²) in [5, 5.41) is 12.4. The molecule has 1 unspecified atom stereocenters. The Kier molecular flexibility index (Phi) is 4.98. The fraction of sp³-hybridized carbons (Fsp3) is 0.105.